The van der Waals surface area contributed by atoms with Crippen molar-refractivity contribution in [2.45, 2.75) is 45.4 Å². The summed E-state index contributed by atoms with van der Waals surface area (Å²) in [4.78, 5) is 0.967. The van der Waals surface area contributed by atoms with Crippen molar-refractivity contribution in [2.24, 2.45) is 22.7 Å². The van der Waals surface area contributed by atoms with Crippen LogP contribution in [0.25, 0.3) is 10.2 Å². The van der Waals surface area contributed by atoms with Crippen molar-refractivity contribution in [3.63, 3.8) is 0 Å². The molecule has 1 fully saturated rings. The minimum absolute atomic E-state index is 0.430. The molecule has 1 aromatic heterocycles. The van der Waals surface area contributed by atoms with Gasteiger partial charge in [-0.2, -0.15) is 5.10 Å². The molecule has 1 heterocycles. The molecular weight excluding hydrogens is 302 g/mol. The molecule has 0 N–H and O–H groups in total. The molecule has 0 bridgehead atoms. The third-order valence-electron chi connectivity index (χ3n) is 5.45. The summed E-state index contributed by atoms with van der Waals surface area (Å²) in [5, 5.41) is 9.14. The lowest BCUT2D eigenvalue weighted by atomic mass is 9.66. The summed E-state index contributed by atoms with van der Waals surface area (Å²) >= 11 is 1.70. The number of fused-ring (bicyclic) bond motifs is 2. The summed E-state index contributed by atoms with van der Waals surface area (Å²) in [5.41, 5.74) is 4.40. The van der Waals surface area contributed by atoms with Crippen LogP contribution in [0.4, 0.5) is 0 Å². The number of hydrogen-bond acceptors (Lipinski definition) is 3. The van der Waals surface area contributed by atoms with Crippen molar-refractivity contribution in [1.82, 2.24) is 4.57 Å². The molecule has 23 heavy (non-hydrogen) atoms. The highest BCUT2D eigenvalue weighted by Gasteiger charge is 2.34. The number of allylic oxidation sites excluding steroid dienone is 2. The maximum Gasteiger partial charge on any atom is 0.211 e. The van der Waals surface area contributed by atoms with Gasteiger partial charge in [0.05, 0.1) is 15.9 Å². The maximum atomic E-state index is 4.59. The molecule has 1 saturated carbocycles. The van der Waals surface area contributed by atoms with E-state index < -0.39 is 0 Å². The first-order valence-electron chi connectivity index (χ1n) is 8.52. The molecule has 0 saturated heterocycles. The van der Waals surface area contributed by atoms with E-state index in [0.717, 1.165) is 16.9 Å². The molecule has 2 aromatic rings. The SMILES string of the molecule is Cn1/c(=N\N=C2/C=C3CCCC[C@@]3(C)CC2)sc2ccccc21. The van der Waals surface area contributed by atoms with Crippen molar-refractivity contribution in [2.75, 3.05) is 0 Å². The first kappa shape index (κ1) is 14.9. The molecule has 0 unspecified atom stereocenters. The van der Waals surface area contributed by atoms with Crippen LogP contribution in [0.1, 0.15) is 45.4 Å². The molecule has 0 radical (unpaired) electrons. The number of thiazole rings is 1. The Kier molecular flexibility index (Phi) is 3.72. The van der Waals surface area contributed by atoms with Crippen LogP contribution in [0.2, 0.25) is 0 Å². The molecule has 2 aliphatic carbocycles. The van der Waals surface area contributed by atoms with Crippen LogP contribution in [0.5, 0.6) is 0 Å². The molecule has 2 aliphatic rings. The molecule has 0 aliphatic heterocycles. The number of rotatable bonds is 1. The second kappa shape index (κ2) is 5.75. The summed E-state index contributed by atoms with van der Waals surface area (Å²) in [6.45, 7) is 2.43. The summed E-state index contributed by atoms with van der Waals surface area (Å²) < 4.78 is 3.39. The molecule has 120 valence electrons. The van der Waals surface area contributed by atoms with E-state index in [4.69, 9.17) is 0 Å². The average molecular weight is 325 g/mol. The predicted molar refractivity (Wildman–Crippen MR) is 97.7 cm³/mol. The third-order valence-corrected chi connectivity index (χ3v) is 6.56. The van der Waals surface area contributed by atoms with E-state index in [1.165, 1.54) is 42.3 Å². The summed E-state index contributed by atoms with van der Waals surface area (Å²) in [6, 6.07) is 8.42. The number of hydrogen-bond donors (Lipinski definition) is 0. The monoisotopic (exact) mass is 325 g/mol. The highest BCUT2D eigenvalue weighted by molar-refractivity contribution is 7.16. The lowest BCUT2D eigenvalue weighted by molar-refractivity contribution is 0.281. The predicted octanol–water partition coefficient (Wildman–Crippen LogP) is 4.80. The minimum Gasteiger partial charge on any atom is -0.318 e. The first-order chi connectivity index (χ1) is 11.2. The van der Waals surface area contributed by atoms with Gasteiger partial charge in [-0.05, 0) is 55.7 Å². The minimum atomic E-state index is 0.430. The topological polar surface area (TPSA) is 29.6 Å². The molecule has 0 amide bonds. The Balaban J connectivity index is 1.70. The zero-order valence-electron chi connectivity index (χ0n) is 13.9. The Morgan fingerprint density at radius 1 is 1.09 bits per heavy atom. The molecule has 1 aromatic carbocycles. The van der Waals surface area contributed by atoms with E-state index in [1.807, 2.05) is 0 Å². The second-order valence-corrected chi connectivity index (χ2v) is 8.05. The van der Waals surface area contributed by atoms with Crippen LogP contribution in [0.3, 0.4) is 0 Å². The highest BCUT2D eigenvalue weighted by atomic mass is 32.1. The van der Waals surface area contributed by atoms with Gasteiger partial charge in [-0.3, -0.25) is 0 Å². The maximum absolute atomic E-state index is 4.59. The van der Waals surface area contributed by atoms with Gasteiger partial charge in [0.2, 0.25) is 4.80 Å². The molecule has 4 rings (SSSR count). The van der Waals surface area contributed by atoms with Gasteiger partial charge in [0.25, 0.3) is 0 Å². The first-order valence-corrected chi connectivity index (χ1v) is 9.34. The van der Waals surface area contributed by atoms with Gasteiger partial charge in [0, 0.05) is 7.05 Å². The quantitative estimate of drug-likeness (QED) is 0.674. The zero-order chi connectivity index (χ0) is 15.9. The smallest absolute Gasteiger partial charge is 0.211 e. The number of benzene rings is 1. The number of nitrogens with zero attached hydrogens (tertiary/aromatic N) is 3. The Labute approximate surface area is 141 Å². The average Bonchev–Trinajstić information content (AvgIpc) is 2.89. The largest absolute Gasteiger partial charge is 0.318 e. The number of aromatic nitrogens is 1. The fourth-order valence-corrected chi connectivity index (χ4v) is 4.84. The lowest BCUT2D eigenvalue weighted by Gasteiger charge is -2.39. The van der Waals surface area contributed by atoms with Crippen LogP contribution in [-0.4, -0.2) is 10.3 Å². The summed E-state index contributed by atoms with van der Waals surface area (Å²) in [5.74, 6) is 0. The molecule has 0 spiro atoms. The van der Waals surface area contributed by atoms with Crippen LogP contribution >= 0.6 is 11.3 Å². The van der Waals surface area contributed by atoms with Gasteiger partial charge in [0.15, 0.2) is 0 Å². The Morgan fingerprint density at radius 2 is 1.96 bits per heavy atom. The number of para-hydroxylation sites is 1. The van der Waals surface area contributed by atoms with Gasteiger partial charge in [-0.1, -0.05) is 42.4 Å². The Hall–Kier alpha value is -1.68. The van der Waals surface area contributed by atoms with E-state index in [9.17, 15) is 0 Å². The molecular formula is C19H23N3S. The highest BCUT2D eigenvalue weighted by Crippen LogP contribution is 2.46. The Bertz CT molecular complexity index is 868. The van der Waals surface area contributed by atoms with E-state index in [-0.39, 0.29) is 0 Å². The van der Waals surface area contributed by atoms with Crippen molar-refractivity contribution in [3.8, 4) is 0 Å². The van der Waals surface area contributed by atoms with E-state index >= 15 is 0 Å². The molecule has 1 atom stereocenters. The molecule has 3 nitrogen and oxygen atoms in total. The van der Waals surface area contributed by atoms with E-state index in [2.05, 4.69) is 59.1 Å². The van der Waals surface area contributed by atoms with Gasteiger partial charge < -0.3 is 4.57 Å². The summed E-state index contributed by atoms with van der Waals surface area (Å²) in [6.07, 6.45) is 9.91. The summed E-state index contributed by atoms with van der Waals surface area (Å²) in [7, 11) is 2.06. The van der Waals surface area contributed by atoms with Gasteiger partial charge in [-0.25, -0.2) is 0 Å². The fourth-order valence-electron chi connectivity index (χ4n) is 3.87. The van der Waals surface area contributed by atoms with Crippen LogP contribution in [-0.2, 0) is 7.05 Å². The van der Waals surface area contributed by atoms with E-state index in [0.29, 0.717) is 5.41 Å². The fraction of sp³-hybridized carbons (Fsp3) is 0.474. The third kappa shape index (κ3) is 2.69. The van der Waals surface area contributed by atoms with Crippen LogP contribution in [0.15, 0.2) is 46.1 Å². The number of aryl methyl sites for hydroxylation is 1. The van der Waals surface area contributed by atoms with Crippen LogP contribution < -0.4 is 4.80 Å². The van der Waals surface area contributed by atoms with Gasteiger partial charge in [0.1, 0.15) is 0 Å². The van der Waals surface area contributed by atoms with E-state index in [1.54, 1.807) is 16.9 Å². The zero-order valence-corrected chi connectivity index (χ0v) is 14.7. The van der Waals surface area contributed by atoms with Crippen molar-refractivity contribution >= 4 is 27.3 Å². The van der Waals surface area contributed by atoms with Gasteiger partial charge >= 0.3 is 0 Å². The normalized spacial score (nSPS) is 27.3. The van der Waals surface area contributed by atoms with Crippen molar-refractivity contribution in [1.29, 1.82) is 0 Å². The van der Waals surface area contributed by atoms with Crippen molar-refractivity contribution < 1.29 is 0 Å². The van der Waals surface area contributed by atoms with Gasteiger partial charge in [-0.15, -0.1) is 5.10 Å². The standard InChI is InChI=1S/C19H23N3S/c1-19-11-6-5-7-14(19)13-15(10-12-19)20-21-18-22(2)16-8-3-4-9-17(16)23-18/h3-4,8-9,13H,5-7,10-12H2,1-2H3/b20-15-,21-18+/t19-/m0/s1. The molecule has 4 heteroatoms. The second-order valence-electron chi connectivity index (χ2n) is 7.04. The lowest BCUT2D eigenvalue weighted by Crippen LogP contribution is -2.28. The van der Waals surface area contributed by atoms with Crippen molar-refractivity contribution in [3.05, 3.63) is 40.7 Å². The Morgan fingerprint density at radius 3 is 2.83 bits per heavy atom. The van der Waals surface area contributed by atoms with Crippen LogP contribution in [0, 0.1) is 5.41 Å².